The molecule has 0 aliphatic rings. The molecule has 0 bridgehead atoms. The van der Waals surface area contributed by atoms with Gasteiger partial charge in [-0.05, 0) is 23.8 Å². The number of esters is 1. The quantitative estimate of drug-likeness (QED) is 0.711. The molecule has 78 valence electrons. The van der Waals surface area contributed by atoms with E-state index < -0.39 is 11.8 Å². The van der Waals surface area contributed by atoms with Crippen LogP contribution < -0.4 is 0 Å². The summed E-state index contributed by atoms with van der Waals surface area (Å²) < 4.78 is 22.8. The van der Waals surface area contributed by atoms with Gasteiger partial charge in [0.2, 0.25) is 0 Å². The average molecular weight is 208 g/mol. The van der Waals surface area contributed by atoms with Gasteiger partial charge in [0.1, 0.15) is 0 Å². The van der Waals surface area contributed by atoms with Crippen molar-refractivity contribution in [1.29, 1.82) is 0 Å². The molecule has 0 spiro atoms. The van der Waals surface area contributed by atoms with Crippen LogP contribution in [-0.2, 0) is 16.0 Å². The minimum absolute atomic E-state index is 0.0640. The molecular formula is C11H9FO3. The Labute approximate surface area is 85.4 Å². The van der Waals surface area contributed by atoms with Gasteiger partial charge in [0, 0.05) is 5.39 Å². The van der Waals surface area contributed by atoms with Crippen molar-refractivity contribution < 1.29 is 18.3 Å². The zero-order chi connectivity index (χ0) is 10.8. The largest absolute Gasteiger partial charge is 0.469 e. The summed E-state index contributed by atoms with van der Waals surface area (Å²) >= 11 is 0. The van der Waals surface area contributed by atoms with Gasteiger partial charge < -0.3 is 9.15 Å². The summed E-state index contributed by atoms with van der Waals surface area (Å²) in [6.45, 7) is 0. The van der Waals surface area contributed by atoms with Crippen molar-refractivity contribution in [2.75, 3.05) is 7.11 Å². The predicted octanol–water partition coefficient (Wildman–Crippen LogP) is 2.29. The molecule has 0 N–H and O–H groups in total. The lowest BCUT2D eigenvalue weighted by Gasteiger charge is -2.00. The number of fused-ring (bicyclic) bond motifs is 1. The van der Waals surface area contributed by atoms with Crippen molar-refractivity contribution in [3.05, 3.63) is 35.8 Å². The fourth-order valence-electron chi connectivity index (χ4n) is 1.44. The summed E-state index contributed by atoms with van der Waals surface area (Å²) in [6.07, 6.45) is 1.48. The van der Waals surface area contributed by atoms with Crippen LogP contribution in [0.25, 0.3) is 11.0 Å². The molecule has 1 aromatic carbocycles. The van der Waals surface area contributed by atoms with Crippen LogP contribution in [0.2, 0.25) is 0 Å². The first kappa shape index (κ1) is 9.71. The normalized spacial score (nSPS) is 10.5. The van der Waals surface area contributed by atoms with E-state index in [0.29, 0.717) is 10.9 Å². The lowest BCUT2D eigenvalue weighted by atomic mass is 10.1. The van der Waals surface area contributed by atoms with Gasteiger partial charge in [-0.2, -0.15) is 0 Å². The topological polar surface area (TPSA) is 39.4 Å². The molecule has 0 aliphatic heterocycles. The molecule has 0 saturated carbocycles. The smallest absolute Gasteiger partial charge is 0.309 e. The molecule has 0 fully saturated rings. The van der Waals surface area contributed by atoms with Crippen molar-refractivity contribution in [2.24, 2.45) is 0 Å². The van der Waals surface area contributed by atoms with Crippen LogP contribution in [0.1, 0.15) is 5.56 Å². The molecular weight excluding hydrogens is 199 g/mol. The van der Waals surface area contributed by atoms with E-state index in [0.717, 1.165) is 0 Å². The molecule has 0 atom stereocenters. The number of hydrogen-bond donors (Lipinski definition) is 0. The van der Waals surface area contributed by atoms with Gasteiger partial charge in [-0.3, -0.25) is 4.79 Å². The third-order valence-corrected chi connectivity index (χ3v) is 2.14. The summed E-state index contributed by atoms with van der Waals surface area (Å²) in [5.41, 5.74) is 0.789. The Hall–Kier alpha value is -1.84. The van der Waals surface area contributed by atoms with E-state index in [1.54, 1.807) is 12.1 Å². The van der Waals surface area contributed by atoms with E-state index in [1.165, 1.54) is 19.4 Å². The van der Waals surface area contributed by atoms with Crippen LogP contribution in [0.3, 0.4) is 0 Å². The molecule has 0 radical (unpaired) electrons. The van der Waals surface area contributed by atoms with Crippen LogP contribution in [0, 0.1) is 5.82 Å². The molecule has 2 aromatic rings. The first-order chi connectivity index (χ1) is 7.20. The van der Waals surface area contributed by atoms with Crippen molar-refractivity contribution >= 4 is 16.9 Å². The van der Waals surface area contributed by atoms with Crippen molar-refractivity contribution in [3.63, 3.8) is 0 Å². The Morgan fingerprint density at radius 2 is 2.33 bits per heavy atom. The monoisotopic (exact) mass is 208 g/mol. The minimum atomic E-state index is -0.462. The van der Waals surface area contributed by atoms with Gasteiger partial charge >= 0.3 is 5.97 Å². The number of carbonyl (C=O) groups is 1. The fraction of sp³-hybridized carbons (Fsp3) is 0.182. The average Bonchev–Trinajstić information content (AvgIpc) is 2.66. The molecule has 0 saturated heterocycles. The number of furan rings is 1. The van der Waals surface area contributed by atoms with Crippen LogP contribution in [0.5, 0.6) is 0 Å². The zero-order valence-electron chi connectivity index (χ0n) is 8.12. The number of methoxy groups -OCH3 is 1. The van der Waals surface area contributed by atoms with Crippen molar-refractivity contribution in [3.8, 4) is 0 Å². The van der Waals surface area contributed by atoms with E-state index in [1.807, 2.05) is 0 Å². The maximum Gasteiger partial charge on any atom is 0.309 e. The van der Waals surface area contributed by atoms with Gasteiger partial charge in [0.25, 0.3) is 0 Å². The number of halogens is 1. The van der Waals surface area contributed by atoms with Crippen molar-refractivity contribution in [2.45, 2.75) is 6.42 Å². The van der Waals surface area contributed by atoms with E-state index in [4.69, 9.17) is 4.42 Å². The SMILES string of the molecule is COC(=O)Cc1cc(F)c2occc2c1. The second-order valence-corrected chi connectivity index (χ2v) is 3.17. The Kier molecular flexibility index (Phi) is 2.41. The lowest BCUT2D eigenvalue weighted by molar-refractivity contribution is -0.139. The van der Waals surface area contributed by atoms with Gasteiger partial charge in [-0.25, -0.2) is 4.39 Å². The minimum Gasteiger partial charge on any atom is -0.469 e. The Morgan fingerprint density at radius 3 is 3.07 bits per heavy atom. The van der Waals surface area contributed by atoms with E-state index in [-0.39, 0.29) is 12.0 Å². The summed E-state index contributed by atoms with van der Waals surface area (Å²) in [6, 6.07) is 4.64. The first-order valence-electron chi connectivity index (χ1n) is 4.43. The van der Waals surface area contributed by atoms with Gasteiger partial charge in [0.05, 0.1) is 19.8 Å². The molecule has 0 unspecified atom stereocenters. The van der Waals surface area contributed by atoms with Gasteiger partial charge in [-0.15, -0.1) is 0 Å². The van der Waals surface area contributed by atoms with Crippen molar-refractivity contribution in [1.82, 2.24) is 0 Å². The van der Waals surface area contributed by atoms with E-state index in [9.17, 15) is 9.18 Å². The summed E-state index contributed by atoms with van der Waals surface area (Å²) in [7, 11) is 1.30. The number of benzene rings is 1. The van der Waals surface area contributed by atoms with Crippen LogP contribution in [0.4, 0.5) is 4.39 Å². The standard InChI is InChI=1S/C11H9FO3/c1-14-10(13)6-7-4-8-2-3-15-11(8)9(12)5-7/h2-5H,6H2,1H3. The van der Waals surface area contributed by atoms with Crippen LogP contribution in [-0.4, -0.2) is 13.1 Å². The number of rotatable bonds is 2. The third kappa shape index (κ3) is 1.83. The number of ether oxygens (including phenoxy) is 1. The fourth-order valence-corrected chi connectivity index (χ4v) is 1.44. The second kappa shape index (κ2) is 3.73. The van der Waals surface area contributed by atoms with Gasteiger partial charge in [-0.1, -0.05) is 0 Å². The highest BCUT2D eigenvalue weighted by atomic mass is 19.1. The molecule has 2 rings (SSSR count). The predicted molar refractivity (Wildman–Crippen MR) is 51.9 cm³/mol. The molecule has 1 aromatic heterocycles. The highest BCUT2D eigenvalue weighted by Gasteiger charge is 2.09. The Morgan fingerprint density at radius 1 is 1.53 bits per heavy atom. The Balaban J connectivity index is 2.40. The first-order valence-corrected chi connectivity index (χ1v) is 4.43. The zero-order valence-corrected chi connectivity index (χ0v) is 8.12. The van der Waals surface area contributed by atoms with E-state index >= 15 is 0 Å². The summed E-state index contributed by atoms with van der Waals surface area (Å²) in [4.78, 5) is 11.0. The maximum absolute atomic E-state index is 13.4. The maximum atomic E-state index is 13.4. The van der Waals surface area contributed by atoms with Crippen LogP contribution >= 0.6 is 0 Å². The molecule has 0 aliphatic carbocycles. The van der Waals surface area contributed by atoms with Gasteiger partial charge in [0.15, 0.2) is 11.4 Å². The number of carbonyl (C=O) groups excluding carboxylic acids is 1. The Bertz CT molecular complexity index is 502. The second-order valence-electron chi connectivity index (χ2n) is 3.17. The lowest BCUT2D eigenvalue weighted by Crippen LogP contribution is -2.04. The molecule has 15 heavy (non-hydrogen) atoms. The number of hydrogen-bond acceptors (Lipinski definition) is 3. The van der Waals surface area contributed by atoms with E-state index in [2.05, 4.69) is 4.74 Å². The van der Waals surface area contributed by atoms with Crippen LogP contribution in [0.15, 0.2) is 28.9 Å². The molecule has 0 amide bonds. The highest BCUT2D eigenvalue weighted by Crippen LogP contribution is 2.21. The molecule has 1 heterocycles. The molecule has 3 nitrogen and oxygen atoms in total. The highest BCUT2D eigenvalue weighted by molar-refractivity contribution is 5.80. The summed E-state index contributed by atoms with van der Waals surface area (Å²) in [5.74, 6) is -0.853. The molecule has 4 heteroatoms. The summed E-state index contributed by atoms with van der Waals surface area (Å²) in [5, 5.41) is 0.647. The third-order valence-electron chi connectivity index (χ3n) is 2.14.